The van der Waals surface area contributed by atoms with Crippen LogP contribution in [0.15, 0.2) is 24.5 Å². The van der Waals surface area contributed by atoms with Gasteiger partial charge in [-0.05, 0) is 25.0 Å². The monoisotopic (exact) mass is 326 g/mol. The Labute approximate surface area is 141 Å². The summed E-state index contributed by atoms with van der Waals surface area (Å²) >= 11 is 0. The van der Waals surface area contributed by atoms with E-state index in [9.17, 15) is 4.79 Å². The highest BCUT2D eigenvalue weighted by molar-refractivity contribution is 5.93. The molecule has 0 bridgehead atoms. The number of piperidine rings is 1. The fraction of sp³-hybridized carbons (Fsp3) is 0.500. The molecule has 126 valence electrons. The summed E-state index contributed by atoms with van der Waals surface area (Å²) in [6, 6.07) is 3.63. The van der Waals surface area contributed by atoms with Gasteiger partial charge in [0, 0.05) is 56.1 Å². The number of likely N-dealkylation sites (tertiary alicyclic amines) is 1. The zero-order valence-corrected chi connectivity index (χ0v) is 13.9. The summed E-state index contributed by atoms with van der Waals surface area (Å²) < 4.78 is 7.65. The van der Waals surface area contributed by atoms with E-state index < -0.39 is 0 Å². The average molecular weight is 326 g/mol. The quantitative estimate of drug-likeness (QED) is 0.846. The summed E-state index contributed by atoms with van der Waals surface area (Å²) in [7, 11) is 2.02. The van der Waals surface area contributed by atoms with Crippen LogP contribution >= 0.6 is 0 Å². The van der Waals surface area contributed by atoms with E-state index in [-0.39, 0.29) is 5.91 Å². The van der Waals surface area contributed by atoms with Crippen molar-refractivity contribution in [2.75, 3.05) is 19.7 Å². The first-order chi connectivity index (χ1) is 11.7. The van der Waals surface area contributed by atoms with Gasteiger partial charge >= 0.3 is 0 Å². The van der Waals surface area contributed by atoms with Gasteiger partial charge in [-0.1, -0.05) is 0 Å². The minimum Gasteiger partial charge on any atom is -0.376 e. The van der Waals surface area contributed by atoms with Crippen molar-refractivity contribution < 1.29 is 9.53 Å². The highest BCUT2D eigenvalue weighted by Crippen LogP contribution is 2.33. The van der Waals surface area contributed by atoms with Gasteiger partial charge in [0.2, 0.25) is 0 Å². The topological polar surface area (TPSA) is 60.2 Å². The second-order valence-corrected chi connectivity index (χ2v) is 6.54. The molecule has 0 spiro atoms. The summed E-state index contributed by atoms with van der Waals surface area (Å²) in [6.07, 6.45) is 6.18. The highest BCUT2D eigenvalue weighted by atomic mass is 16.5. The summed E-state index contributed by atoms with van der Waals surface area (Å²) in [6.45, 7) is 2.99. The molecule has 1 fully saturated rings. The number of aryl methyl sites for hydroxylation is 1. The number of ether oxygens (including phenoxy) is 1. The molecule has 24 heavy (non-hydrogen) atoms. The molecule has 0 radical (unpaired) electrons. The van der Waals surface area contributed by atoms with E-state index in [1.165, 1.54) is 17.0 Å². The summed E-state index contributed by atoms with van der Waals surface area (Å²) in [5.74, 6) is 0.493. The summed E-state index contributed by atoms with van der Waals surface area (Å²) in [5.41, 5.74) is 4.44. The molecule has 0 aliphatic carbocycles. The molecule has 0 N–H and O–H groups in total. The molecule has 4 heterocycles. The number of carbonyl (C=O) groups is 1. The van der Waals surface area contributed by atoms with Crippen LogP contribution in [0.25, 0.3) is 0 Å². The minimum absolute atomic E-state index is 0.0768. The molecule has 1 amide bonds. The number of hydrogen-bond donors (Lipinski definition) is 0. The standard InChI is InChI=1S/C18H22N4O2/c1-21-16-6-10-24-12-15(16)17(20-21)13-4-8-22(9-5-13)18(23)14-3-2-7-19-11-14/h2-3,7,11,13H,4-6,8-10,12H2,1H3. The fourth-order valence-corrected chi connectivity index (χ4v) is 3.79. The number of pyridine rings is 1. The molecule has 2 aromatic rings. The molecule has 6 heteroatoms. The lowest BCUT2D eigenvalue weighted by Gasteiger charge is -2.32. The third kappa shape index (κ3) is 2.71. The van der Waals surface area contributed by atoms with Crippen molar-refractivity contribution in [3.05, 3.63) is 47.0 Å². The Morgan fingerprint density at radius 1 is 1.33 bits per heavy atom. The van der Waals surface area contributed by atoms with Gasteiger partial charge in [-0.25, -0.2) is 0 Å². The first-order valence-corrected chi connectivity index (χ1v) is 8.55. The lowest BCUT2D eigenvalue weighted by molar-refractivity contribution is 0.0709. The first kappa shape index (κ1) is 15.3. The lowest BCUT2D eigenvalue weighted by Crippen LogP contribution is -2.38. The maximum absolute atomic E-state index is 12.5. The minimum atomic E-state index is 0.0768. The van der Waals surface area contributed by atoms with Gasteiger partial charge in [0.25, 0.3) is 5.91 Å². The molecular formula is C18H22N4O2. The largest absolute Gasteiger partial charge is 0.376 e. The van der Waals surface area contributed by atoms with Gasteiger partial charge in [-0.2, -0.15) is 5.10 Å². The Balaban J connectivity index is 1.46. The van der Waals surface area contributed by atoms with E-state index in [0.29, 0.717) is 18.1 Å². The van der Waals surface area contributed by atoms with E-state index in [2.05, 4.69) is 4.98 Å². The van der Waals surface area contributed by atoms with Crippen molar-refractivity contribution in [1.82, 2.24) is 19.7 Å². The van der Waals surface area contributed by atoms with Crippen LogP contribution in [0.4, 0.5) is 0 Å². The third-order valence-corrected chi connectivity index (χ3v) is 5.11. The van der Waals surface area contributed by atoms with Crippen molar-refractivity contribution in [3.63, 3.8) is 0 Å². The molecule has 0 aromatic carbocycles. The molecule has 2 aromatic heterocycles. The maximum Gasteiger partial charge on any atom is 0.255 e. The highest BCUT2D eigenvalue weighted by Gasteiger charge is 2.30. The Hall–Kier alpha value is -2.21. The summed E-state index contributed by atoms with van der Waals surface area (Å²) in [4.78, 5) is 18.5. The van der Waals surface area contributed by atoms with Gasteiger partial charge < -0.3 is 9.64 Å². The number of carbonyl (C=O) groups excluding carboxylic acids is 1. The number of aromatic nitrogens is 3. The molecule has 0 unspecified atom stereocenters. The average Bonchev–Trinajstić information content (AvgIpc) is 2.99. The Kier molecular flexibility index (Phi) is 4.06. The normalized spacial score (nSPS) is 18.5. The second kappa shape index (κ2) is 6.36. The summed E-state index contributed by atoms with van der Waals surface area (Å²) in [5, 5.41) is 4.77. The molecule has 4 rings (SSSR count). The van der Waals surface area contributed by atoms with Gasteiger partial charge in [-0.15, -0.1) is 0 Å². The Morgan fingerprint density at radius 2 is 2.17 bits per heavy atom. The SMILES string of the molecule is Cn1nc(C2CCN(C(=O)c3cccnc3)CC2)c2c1CCOC2. The first-order valence-electron chi connectivity index (χ1n) is 8.55. The van der Waals surface area contributed by atoms with Crippen LogP contribution in [0.3, 0.4) is 0 Å². The van der Waals surface area contributed by atoms with Crippen LogP contribution < -0.4 is 0 Å². The number of amides is 1. The Bertz CT molecular complexity index is 733. The molecular weight excluding hydrogens is 304 g/mol. The molecule has 0 saturated carbocycles. The van der Waals surface area contributed by atoms with Crippen molar-refractivity contribution in [2.24, 2.45) is 7.05 Å². The molecule has 2 aliphatic heterocycles. The zero-order valence-electron chi connectivity index (χ0n) is 13.9. The number of hydrogen-bond acceptors (Lipinski definition) is 4. The van der Waals surface area contributed by atoms with Gasteiger partial charge in [-0.3, -0.25) is 14.5 Å². The smallest absolute Gasteiger partial charge is 0.255 e. The van der Waals surface area contributed by atoms with Crippen molar-refractivity contribution in [2.45, 2.75) is 31.8 Å². The predicted octanol–water partition coefficient (Wildman–Crippen LogP) is 1.91. The number of fused-ring (bicyclic) bond motifs is 1. The van der Waals surface area contributed by atoms with E-state index in [1.807, 2.05) is 22.7 Å². The fourth-order valence-electron chi connectivity index (χ4n) is 3.79. The second-order valence-electron chi connectivity index (χ2n) is 6.54. The van der Waals surface area contributed by atoms with Crippen LogP contribution in [0.5, 0.6) is 0 Å². The molecule has 0 atom stereocenters. The van der Waals surface area contributed by atoms with Crippen molar-refractivity contribution in [3.8, 4) is 0 Å². The van der Waals surface area contributed by atoms with E-state index in [1.54, 1.807) is 18.5 Å². The van der Waals surface area contributed by atoms with E-state index in [0.717, 1.165) is 39.0 Å². The van der Waals surface area contributed by atoms with E-state index >= 15 is 0 Å². The van der Waals surface area contributed by atoms with Gasteiger partial charge in [0.05, 0.1) is 24.5 Å². The Morgan fingerprint density at radius 3 is 2.92 bits per heavy atom. The van der Waals surface area contributed by atoms with Crippen LogP contribution in [0.2, 0.25) is 0 Å². The maximum atomic E-state index is 12.5. The van der Waals surface area contributed by atoms with E-state index in [4.69, 9.17) is 9.84 Å². The van der Waals surface area contributed by atoms with Gasteiger partial charge in [0.15, 0.2) is 0 Å². The molecule has 6 nitrogen and oxygen atoms in total. The number of nitrogens with zero attached hydrogens (tertiary/aromatic N) is 4. The molecule has 1 saturated heterocycles. The van der Waals surface area contributed by atoms with Crippen LogP contribution in [-0.2, 0) is 24.8 Å². The molecule has 2 aliphatic rings. The van der Waals surface area contributed by atoms with Crippen LogP contribution in [0, 0.1) is 0 Å². The van der Waals surface area contributed by atoms with Crippen LogP contribution in [0.1, 0.15) is 46.1 Å². The van der Waals surface area contributed by atoms with Crippen molar-refractivity contribution >= 4 is 5.91 Å². The zero-order chi connectivity index (χ0) is 16.5. The predicted molar refractivity (Wildman–Crippen MR) is 88.7 cm³/mol. The number of rotatable bonds is 2. The van der Waals surface area contributed by atoms with Crippen molar-refractivity contribution in [1.29, 1.82) is 0 Å². The van der Waals surface area contributed by atoms with Crippen LogP contribution in [-0.4, -0.2) is 45.3 Å². The third-order valence-electron chi connectivity index (χ3n) is 5.11. The van der Waals surface area contributed by atoms with Gasteiger partial charge in [0.1, 0.15) is 0 Å². The lowest BCUT2D eigenvalue weighted by atomic mass is 9.90.